The molecule has 0 atom stereocenters. The number of piperazine rings is 1. The molecule has 0 unspecified atom stereocenters. The van der Waals surface area contributed by atoms with Crippen LogP contribution in [-0.2, 0) is 4.74 Å². The van der Waals surface area contributed by atoms with E-state index >= 15 is 0 Å². The zero-order valence-corrected chi connectivity index (χ0v) is 23.4. The van der Waals surface area contributed by atoms with E-state index in [1.54, 1.807) is 16.8 Å². The van der Waals surface area contributed by atoms with Crippen LogP contribution in [0.15, 0.2) is 30.3 Å². The Hall–Kier alpha value is -2.84. The maximum Gasteiger partial charge on any atom is 0.356 e. The Balaban J connectivity index is 1.34. The van der Waals surface area contributed by atoms with E-state index in [-0.39, 0.29) is 5.82 Å². The largest absolute Gasteiger partial charge is 0.464 e. The highest BCUT2D eigenvalue weighted by atomic mass is 19.1. The number of hydrogen-bond acceptors (Lipinski definition) is 6. The molecule has 0 radical (unpaired) electrons. The van der Waals surface area contributed by atoms with E-state index in [0.29, 0.717) is 35.3 Å². The van der Waals surface area contributed by atoms with Gasteiger partial charge >= 0.3 is 5.97 Å². The van der Waals surface area contributed by atoms with Crippen LogP contribution in [0.2, 0.25) is 0 Å². The normalized spacial score (nSPS) is 23.3. The van der Waals surface area contributed by atoms with Gasteiger partial charge in [0.1, 0.15) is 5.82 Å². The standard InChI is InChI=1S/C31H40FN5O2/c1-20(2)35-15-17-36(18-16-35)24-11-7-21(8-12-24)26-19-27(31(38)39-3)33-30-28(26)29(22-5-4-6-22)34-37(30)25-13-9-23(32)10-14-25/h9-10,13-14,19-22,24H,4-8,11-12,15-18H2,1-3H3. The van der Waals surface area contributed by atoms with Crippen LogP contribution >= 0.6 is 0 Å². The van der Waals surface area contributed by atoms with E-state index in [1.807, 2.05) is 6.07 Å². The number of esters is 1. The number of rotatable bonds is 6. The van der Waals surface area contributed by atoms with E-state index in [9.17, 15) is 9.18 Å². The van der Waals surface area contributed by atoms with Crippen molar-refractivity contribution >= 4 is 17.0 Å². The molecular weight excluding hydrogens is 493 g/mol. The second kappa shape index (κ2) is 11.0. The number of methoxy groups -OCH3 is 1. The highest BCUT2D eigenvalue weighted by molar-refractivity contribution is 5.93. The van der Waals surface area contributed by atoms with E-state index in [2.05, 4.69) is 23.6 Å². The number of carbonyl (C=O) groups is 1. The minimum absolute atomic E-state index is 0.291. The summed E-state index contributed by atoms with van der Waals surface area (Å²) in [5, 5.41) is 6.16. The Bertz CT molecular complexity index is 1320. The van der Waals surface area contributed by atoms with Crippen molar-refractivity contribution in [2.75, 3.05) is 33.3 Å². The Kier molecular flexibility index (Phi) is 7.42. The molecule has 0 bridgehead atoms. The molecule has 208 valence electrons. The number of hydrogen-bond donors (Lipinski definition) is 0. The fraction of sp³-hybridized carbons (Fsp3) is 0.581. The molecule has 1 aliphatic heterocycles. The first-order valence-electron chi connectivity index (χ1n) is 14.7. The molecule has 1 aromatic carbocycles. The molecule has 7 nitrogen and oxygen atoms in total. The highest BCUT2D eigenvalue weighted by Gasteiger charge is 2.34. The second-order valence-electron chi connectivity index (χ2n) is 11.9. The Labute approximate surface area is 230 Å². The number of fused-ring (bicyclic) bond motifs is 1. The topological polar surface area (TPSA) is 63.5 Å². The minimum Gasteiger partial charge on any atom is -0.464 e. The average Bonchev–Trinajstić information content (AvgIpc) is 3.30. The first-order chi connectivity index (χ1) is 18.9. The zero-order chi connectivity index (χ0) is 27.1. The van der Waals surface area contributed by atoms with Gasteiger partial charge in [-0.05, 0) is 94.2 Å². The third-order valence-electron chi connectivity index (χ3n) is 9.39. The van der Waals surface area contributed by atoms with Crippen LogP contribution in [0.1, 0.15) is 92.4 Å². The molecule has 2 aliphatic carbocycles. The van der Waals surface area contributed by atoms with Crippen molar-refractivity contribution in [1.82, 2.24) is 24.6 Å². The van der Waals surface area contributed by atoms with Crippen LogP contribution in [-0.4, -0.2) is 75.9 Å². The molecule has 3 fully saturated rings. The van der Waals surface area contributed by atoms with E-state index in [0.717, 1.165) is 81.5 Å². The fourth-order valence-corrected chi connectivity index (χ4v) is 6.80. The van der Waals surface area contributed by atoms with Gasteiger partial charge in [0.25, 0.3) is 0 Å². The molecule has 0 N–H and O–H groups in total. The predicted molar refractivity (Wildman–Crippen MR) is 150 cm³/mol. The minimum atomic E-state index is -0.438. The molecule has 3 aliphatic rings. The van der Waals surface area contributed by atoms with Crippen LogP contribution in [0.25, 0.3) is 16.7 Å². The Morgan fingerprint density at radius 1 is 0.974 bits per heavy atom. The van der Waals surface area contributed by atoms with Gasteiger partial charge in [-0.3, -0.25) is 9.80 Å². The third kappa shape index (κ3) is 5.09. The second-order valence-corrected chi connectivity index (χ2v) is 11.9. The number of pyridine rings is 1. The summed E-state index contributed by atoms with van der Waals surface area (Å²) in [6, 6.07) is 9.55. The van der Waals surface area contributed by atoms with Gasteiger partial charge in [-0.15, -0.1) is 0 Å². The summed E-state index contributed by atoms with van der Waals surface area (Å²) in [7, 11) is 1.40. The van der Waals surface area contributed by atoms with Crippen LogP contribution in [0, 0.1) is 5.82 Å². The summed E-state index contributed by atoms with van der Waals surface area (Å²) in [4.78, 5) is 22.8. The van der Waals surface area contributed by atoms with Crippen molar-refractivity contribution in [2.45, 2.75) is 82.7 Å². The first kappa shape index (κ1) is 26.4. The maximum atomic E-state index is 13.7. The zero-order valence-electron chi connectivity index (χ0n) is 23.4. The molecule has 3 heterocycles. The van der Waals surface area contributed by atoms with Gasteiger partial charge in [0, 0.05) is 49.6 Å². The summed E-state index contributed by atoms with van der Waals surface area (Å²) in [5.41, 5.74) is 3.99. The Morgan fingerprint density at radius 2 is 1.67 bits per heavy atom. The van der Waals surface area contributed by atoms with Gasteiger partial charge in [0.05, 0.1) is 18.5 Å². The molecular formula is C31H40FN5O2. The van der Waals surface area contributed by atoms with Crippen LogP contribution in [0.5, 0.6) is 0 Å². The average molecular weight is 534 g/mol. The molecule has 39 heavy (non-hydrogen) atoms. The van der Waals surface area contributed by atoms with Crippen molar-refractivity contribution in [3.05, 3.63) is 53.1 Å². The smallest absolute Gasteiger partial charge is 0.356 e. The molecule has 8 heteroatoms. The maximum absolute atomic E-state index is 13.7. The third-order valence-corrected chi connectivity index (χ3v) is 9.39. The lowest BCUT2D eigenvalue weighted by molar-refractivity contribution is 0.0593. The molecule has 6 rings (SSSR count). The van der Waals surface area contributed by atoms with Gasteiger partial charge in [0.15, 0.2) is 11.3 Å². The van der Waals surface area contributed by atoms with E-state index in [4.69, 9.17) is 14.8 Å². The van der Waals surface area contributed by atoms with Crippen LogP contribution < -0.4 is 0 Å². The van der Waals surface area contributed by atoms with Crippen molar-refractivity contribution in [1.29, 1.82) is 0 Å². The number of nitrogens with zero attached hydrogens (tertiary/aromatic N) is 5. The molecule has 2 saturated carbocycles. The molecule has 3 aromatic rings. The molecule has 0 amide bonds. The number of halogens is 1. The van der Waals surface area contributed by atoms with Crippen molar-refractivity contribution in [3.63, 3.8) is 0 Å². The monoisotopic (exact) mass is 533 g/mol. The summed E-state index contributed by atoms with van der Waals surface area (Å²) in [6.07, 6.45) is 7.92. The predicted octanol–water partition coefficient (Wildman–Crippen LogP) is 5.67. The summed E-state index contributed by atoms with van der Waals surface area (Å²) in [5.74, 6) is 0.0109. The van der Waals surface area contributed by atoms with Crippen molar-refractivity contribution in [3.8, 4) is 5.69 Å². The SMILES string of the molecule is COC(=O)c1cc(C2CCC(N3CCN(C(C)C)CC3)CC2)c2c(C3CCC3)nn(-c3ccc(F)cc3)c2n1. The quantitative estimate of drug-likeness (QED) is 0.381. The lowest BCUT2D eigenvalue weighted by Gasteiger charge is -2.43. The Morgan fingerprint density at radius 3 is 2.26 bits per heavy atom. The van der Waals surface area contributed by atoms with Gasteiger partial charge in [-0.2, -0.15) is 5.10 Å². The number of carbonyl (C=O) groups excluding carboxylic acids is 1. The highest BCUT2D eigenvalue weighted by Crippen LogP contribution is 2.44. The number of aromatic nitrogens is 3. The van der Waals surface area contributed by atoms with Crippen molar-refractivity contribution < 1.29 is 13.9 Å². The van der Waals surface area contributed by atoms with E-state index < -0.39 is 5.97 Å². The van der Waals surface area contributed by atoms with Gasteiger partial charge < -0.3 is 4.74 Å². The van der Waals surface area contributed by atoms with Gasteiger partial charge in [-0.1, -0.05) is 6.42 Å². The van der Waals surface area contributed by atoms with E-state index in [1.165, 1.54) is 31.2 Å². The van der Waals surface area contributed by atoms with Crippen molar-refractivity contribution in [2.24, 2.45) is 0 Å². The summed E-state index contributed by atoms with van der Waals surface area (Å²) >= 11 is 0. The number of ether oxygens (including phenoxy) is 1. The van der Waals surface area contributed by atoms with Gasteiger partial charge in [0.2, 0.25) is 0 Å². The fourth-order valence-electron chi connectivity index (χ4n) is 6.80. The van der Waals surface area contributed by atoms with Crippen LogP contribution in [0.4, 0.5) is 4.39 Å². The summed E-state index contributed by atoms with van der Waals surface area (Å²) in [6.45, 7) is 9.17. The van der Waals surface area contributed by atoms with Gasteiger partial charge in [-0.25, -0.2) is 18.9 Å². The number of benzene rings is 1. The lowest BCUT2D eigenvalue weighted by Crippen LogP contribution is -2.52. The molecule has 2 aromatic heterocycles. The lowest BCUT2D eigenvalue weighted by atomic mass is 9.77. The molecule has 1 saturated heterocycles. The molecule has 0 spiro atoms. The first-order valence-corrected chi connectivity index (χ1v) is 14.7. The van der Waals surface area contributed by atoms with Crippen LogP contribution in [0.3, 0.4) is 0 Å². The summed E-state index contributed by atoms with van der Waals surface area (Å²) < 4.78 is 20.7.